The van der Waals surface area contributed by atoms with E-state index in [1.54, 1.807) is 6.92 Å². The fraction of sp³-hybridized carbons (Fsp3) is 0.500. The normalized spacial score (nSPS) is 27.1. The van der Waals surface area contributed by atoms with Gasteiger partial charge >= 0.3 is 17.9 Å². The average Bonchev–Trinajstić information content (AvgIpc) is 2.59. The first-order chi connectivity index (χ1) is 12.7. The van der Waals surface area contributed by atoms with Gasteiger partial charge in [-0.15, -0.1) is 0 Å². The molecule has 1 aliphatic heterocycles. The summed E-state index contributed by atoms with van der Waals surface area (Å²) in [6.07, 6.45) is -3.39. The van der Waals surface area contributed by atoms with Gasteiger partial charge in [-0.25, -0.2) is 0 Å². The molecule has 9 nitrogen and oxygen atoms in total. The van der Waals surface area contributed by atoms with Crippen molar-refractivity contribution in [2.45, 2.75) is 58.2 Å². The van der Waals surface area contributed by atoms with E-state index < -0.39 is 48.4 Å². The van der Waals surface area contributed by atoms with Gasteiger partial charge in [0.15, 0.2) is 18.3 Å². The molecule has 0 N–H and O–H groups in total. The van der Waals surface area contributed by atoms with Gasteiger partial charge in [-0.3, -0.25) is 19.4 Å². The highest BCUT2D eigenvalue weighted by Gasteiger charge is 2.51. The molecule has 1 fully saturated rings. The summed E-state index contributed by atoms with van der Waals surface area (Å²) in [6.45, 7) is 5.23. The van der Waals surface area contributed by atoms with Crippen LogP contribution in [-0.4, -0.2) is 47.3 Å². The van der Waals surface area contributed by atoms with Gasteiger partial charge in [0.05, 0.1) is 23.4 Å². The molecule has 0 bridgehead atoms. The molecule has 27 heavy (non-hydrogen) atoms. The number of nitriles is 1. The maximum Gasteiger partial charge on any atom is 0.303 e. The molecule has 0 spiro atoms. The van der Waals surface area contributed by atoms with E-state index in [0.717, 1.165) is 0 Å². The molecule has 5 atom stereocenters. The van der Waals surface area contributed by atoms with Gasteiger partial charge in [0.1, 0.15) is 6.10 Å². The summed E-state index contributed by atoms with van der Waals surface area (Å²) < 4.78 is 21.8. The minimum atomic E-state index is -1.12. The van der Waals surface area contributed by atoms with Gasteiger partial charge in [0.25, 0.3) is 0 Å². The van der Waals surface area contributed by atoms with Crippen molar-refractivity contribution in [3.8, 4) is 6.07 Å². The zero-order valence-electron chi connectivity index (χ0n) is 15.4. The van der Waals surface area contributed by atoms with E-state index in [1.807, 2.05) is 6.07 Å². The van der Waals surface area contributed by atoms with Gasteiger partial charge in [0, 0.05) is 27.0 Å². The Hall–Kier alpha value is -2.99. The van der Waals surface area contributed by atoms with Gasteiger partial charge < -0.3 is 18.9 Å². The lowest BCUT2D eigenvalue weighted by atomic mass is 9.92. The van der Waals surface area contributed by atoms with Crippen molar-refractivity contribution in [3.05, 3.63) is 29.6 Å². The van der Waals surface area contributed by atoms with Crippen LogP contribution in [0, 0.1) is 11.3 Å². The predicted octanol–water partition coefficient (Wildman–Crippen LogP) is 1.21. The van der Waals surface area contributed by atoms with Crippen LogP contribution in [0.3, 0.4) is 0 Å². The highest BCUT2D eigenvalue weighted by molar-refractivity contribution is 5.68. The summed E-state index contributed by atoms with van der Waals surface area (Å²) in [6, 6.07) is 5.00. The summed E-state index contributed by atoms with van der Waals surface area (Å²) in [5.41, 5.74) is 0.662. The van der Waals surface area contributed by atoms with Crippen LogP contribution >= 0.6 is 0 Å². The number of hydrogen-bond acceptors (Lipinski definition) is 9. The highest BCUT2D eigenvalue weighted by Crippen LogP contribution is 2.36. The van der Waals surface area contributed by atoms with E-state index in [9.17, 15) is 14.4 Å². The summed E-state index contributed by atoms with van der Waals surface area (Å²) >= 11 is 0. The third-order valence-corrected chi connectivity index (χ3v) is 3.88. The smallest absolute Gasteiger partial charge is 0.303 e. The van der Waals surface area contributed by atoms with Crippen molar-refractivity contribution in [2.75, 3.05) is 0 Å². The molecule has 2 rings (SSSR count). The van der Waals surface area contributed by atoms with Gasteiger partial charge in [-0.1, -0.05) is 0 Å². The number of hydrogen-bond donors (Lipinski definition) is 0. The summed E-state index contributed by atoms with van der Waals surface area (Å²) in [7, 11) is 0. The second-order valence-electron chi connectivity index (χ2n) is 6.07. The first-order valence-electron chi connectivity index (χ1n) is 8.26. The fourth-order valence-corrected chi connectivity index (χ4v) is 2.92. The van der Waals surface area contributed by atoms with Crippen molar-refractivity contribution in [2.24, 2.45) is 0 Å². The van der Waals surface area contributed by atoms with Crippen LogP contribution in [-0.2, 0) is 33.3 Å². The van der Waals surface area contributed by atoms with E-state index >= 15 is 0 Å². The lowest BCUT2D eigenvalue weighted by molar-refractivity contribution is -0.246. The van der Waals surface area contributed by atoms with Crippen molar-refractivity contribution in [1.29, 1.82) is 5.26 Å². The summed E-state index contributed by atoms with van der Waals surface area (Å²) in [5, 5.41) is 9.11. The molecule has 0 saturated carbocycles. The molecule has 0 amide bonds. The molecule has 0 aliphatic carbocycles. The molecular formula is C18H20N2O7. The number of ether oxygens (including phenoxy) is 4. The zero-order valence-corrected chi connectivity index (χ0v) is 15.4. The Labute approximate surface area is 156 Å². The molecule has 1 aliphatic rings. The van der Waals surface area contributed by atoms with Crippen LogP contribution in [0.1, 0.15) is 45.1 Å². The number of aromatic nitrogens is 1. The zero-order chi connectivity index (χ0) is 20.1. The van der Waals surface area contributed by atoms with E-state index in [0.29, 0.717) is 11.3 Å². The quantitative estimate of drug-likeness (QED) is 0.563. The predicted molar refractivity (Wildman–Crippen MR) is 88.9 cm³/mol. The topological polar surface area (TPSA) is 125 Å². The lowest BCUT2D eigenvalue weighted by Gasteiger charge is -2.43. The third kappa shape index (κ3) is 5.01. The van der Waals surface area contributed by atoms with Crippen LogP contribution in [0.25, 0.3) is 0 Å². The maximum absolute atomic E-state index is 11.7. The molecule has 0 unspecified atom stereocenters. The van der Waals surface area contributed by atoms with Crippen molar-refractivity contribution in [3.63, 3.8) is 0 Å². The minimum Gasteiger partial charge on any atom is -0.456 e. The second kappa shape index (κ2) is 8.60. The Morgan fingerprint density at radius 2 is 1.59 bits per heavy atom. The molecule has 1 saturated heterocycles. The highest BCUT2D eigenvalue weighted by atomic mass is 16.6. The van der Waals surface area contributed by atoms with Crippen molar-refractivity contribution >= 4 is 17.9 Å². The Morgan fingerprint density at radius 1 is 1.04 bits per heavy atom. The van der Waals surface area contributed by atoms with Crippen molar-refractivity contribution in [1.82, 2.24) is 4.98 Å². The van der Waals surface area contributed by atoms with Crippen LogP contribution in [0.4, 0.5) is 0 Å². The van der Waals surface area contributed by atoms with E-state index in [2.05, 4.69) is 4.98 Å². The number of carbonyl (C=O) groups is 3. The molecular weight excluding hydrogens is 356 g/mol. The van der Waals surface area contributed by atoms with Gasteiger partial charge in [-0.05, 0) is 19.1 Å². The minimum absolute atomic E-state index is 0.325. The SMILES string of the molecule is CC(=O)O[C@@H]1[C@@H](OC(C)=O)[C@@H](c2cc(C#N)ccn2)O[C@H](C)[C@@H]1OC(C)=O. The Bertz CT molecular complexity index is 773. The molecule has 0 aromatic carbocycles. The molecule has 144 valence electrons. The third-order valence-electron chi connectivity index (χ3n) is 3.88. The van der Waals surface area contributed by atoms with Gasteiger partial charge in [-0.2, -0.15) is 5.26 Å². The first kappa shape index (κ1) is 20.3. The number of nitrogens with zero attached hydrogens (tertiary/aromatic N) is 2. The average molecular weight is 376 g/mol. The van der Waals surface area contributed by atoms with E-state index in [4.69, 9.17) is 24.2 Å². The van der Waals surface area contributed by atoms with Gasteiger partial charge in [0.2, 0.25) is 0 Å². The van der Waals surface area contributed by atoms with Crippen LogP contribution in [0.15, 0.2) is 18.3 Å². The largest absolute Gasteiger partial charge is 0.456 e. The Morgan fingerprint density at radius 3 is 2.15 bits per heavy atom. The van der Waals surface area contributed by atoms with Crippen molar-refractivity contribution < 1.29 is 33.3 Å². The first-order valence-corrected chi connectivity index (χ1v) is 8.26. The monoisotopic (exact) mass is 376 g/mol. The fourth-order valence-electron chi connectivity index (χ4n) is 2.92. The number of pyridine rings is 1. The molecule has 0 radical (unpaired) electrons. The van der Waals surface area contributed by atoms with E-state index in [-0.39, 0.29) is 0 Å². The molecule has 1 aromatic rings. The standard InChI is InChI=1S/C18H20N2O7/c1-9-15(25-10(2)21)17(26-11(3)22)18(27-12(4)23)16(24-9)14-7-13(8-19)5-6-20-14/h5-7,9,15-18H,1-4H3/t9-,15+,16-,17+,18+/m1/s1. The maximum atomic E-state index is 11.7. The number of esters is 3. The molecule has 9 heteroatoms. The Kier molecular flexibility index (Phi) is 6.47. The van der Waals surface area contributed by atoms with Crippen LogP contribution in [0.2, 0.25) is 0 Å². The molecule has 2 heterocycles. The summed E-state index contributed by atoms with van der Waals surface area (Å²) in [5.74, 6) is -1.88. The number of rotatable bonds is 4. The van der Waals surface area contributed by atoms with Crippen LogP contribution in [0.5, 0.6) is 0 Å². The number of carbonyl (C=O) groups excluding carboxylic acids is 3. The van der Waals surface area contributed by atoms with Crippen LogP contribution < -0.4 is 0 Å². The second-order valence-corrected chi connectivity index (χ2v) is 6.07. The summed E-state index contributed by atoms with van der Waals surface area (Å²) in [4.78, 5) is 38.9. The Balaban J connectivity index is 2.49. The lowest BCUT2D eigenvalue weighted by Crippen LogP contribution is -2.57. The molecule has 1 aromatic heterocycles. The van der Waals surface area contributed by atoms with E-state index in [1.165, 1.54) is 39.1 Å².